The van der Waals surface area contributed by atoms with Crippen LogP contribution < -0.4 is 5.73 Å². The number of rotatable bonds is 1. The maximum atomic E-state index is 14.1. The van der Waals surface area contributed by atoms with Gasteiger partial charge in [-0.25, -0.2) is 12.8 Å². The van der Waals surface area contributed by atoms with Gasteiger partial charge in [-0.2, -0.15) is 0 Å². The Kier molecular flexibility index (Phi) is 2.94. The highest BCUT2D eigenvalue weighted by Gasteiger charge is 2.59. The quantitative estimate of drug-likeness (QED) is 0.835. The minimum atomic E-state index is -3.57. The number of hydrogen-bond donors (Lipinski definition) is 1. The van der Waals surface area contributed by atoms with Crippen LogP contribution in [-0.2, 0) is 20.1 Å². The largest absolute Gasteiger partial charge is 0.386 e. The van der Waals surface area contributed by atoms with Gasteiger partial charge in [0.25, 0.3) is 0 Å². The van der Waals surface area contributed by atoms with E-state index in [1.807, 2.05) is 6.92 Å². The van der Waals surface area contributed by atoms with E-state index in [1.54, 1.807) is 19.1 Å². The van der Waals surface area contributed by atoms with Crippen LogP contribution in [0.3, 0.4) is 0 Å². The van der Waals surface area contributed by atoms with Gasteiger partial charge in [0.05, 0.1) is 19.0 Å². The lowest BCUT2D eigenvalue weighted by Gasteiger charge is -2.46. The van der Waals surface area contributed by atoms with E-state index in [-0.39, 0.29) is 30.4 Å². The molecule has 5 nitrogen and oxygen atoms in total. The summed E-state index contributed by atoms with van der Waals surface area (Å²) in [5.74, 6) is -0.733. The van der Waals surface area contributed by atoms with Crippen LogP contribution in [-0.4, -0.2) is 38.0 Å². The number of aliphatic imine (C=N–C) groups is 1. The Morgan fingerprint density at radius 1 is 1.38 bits per heavy atom. The lowest BCUT2D eigenvalue weighted by molar-refractivity contribution is 0.0148. The molecule has 2 N–H and O–H groups in total. The number of nitrogens with zero attached hydrogens (tertiary/aromatic N) is 1. The molecule has 1 aromatic carbocycles. The Hall–Kier alpha value is -1.47. The van der Waals surface area contributed by atoms with Crippen molar-refractivity contribution in [3.8, 4) is 0 Å². The number of ether oxygens (including phenoxy) is 1. The fraction of sp³-hybridized carbons (Fsp3) is 0.500. The summed E-state index contributed by atoms with van der Waals surface area (Å²) in [5.41, 5.74) is 5.80. The average Bonchev–Trinajstić information content (AvgIpc) is 2.27. The van der Waals surface area contributed by atoms with Crippen molar-refractivity contribution in [2.24, 2.45) is 10.7 Å². The van der Waals surface area contributed by atoms with Crippen LogP contribution in [0.4, 0.5) is 4.39 Å². The normalized spacial score (nSPS) is 29.8. The van der Waals surface area contributed by atoms with Crippen LogP contribution in [0.2, 0.25) is 0 Å². The van der Waals surface area contributed by atoms with E-state index in [0.29, 0.717) is 0 Å². The van der Waals surface area contributed by atoms with Gasteiger partial charge in [0.1, 0.15) is 17.2 Å². The van der Waals surface area contributed by atoms with Gasteiger partial charge < -0.3 is 10.5 Å². The molecule has 0 aliphatic carbocycles. The fourth-order valence-electron chi connectivity index (χ4n) is 2.87. The summed E-state index contributed by atoms with van der Waals surface area (Å²) in [6, 6.07) is 4.58. The number of halogens is 1. The first kappa shape index (κ1) is 14.5. The third-order valence-electron chi connectivity index (χ3n) is 4.27. The minimum Gasteiger partial charge on any atom is -0.386 e. The summed E-state index contributed by atoms with van der Waals surface area (Å²) in [7, 11) is -3.57. The summed E-state index contributed by atoms with van der Waals surface area (Å²) in [4.78, 5) is 4.35. The highest BCUT2D eigenvalue weighted by atomic mass is 32.2. The van der Waals surface area contributed by atoms with E-state index < -0.39 is 25.9 Å². The molecule has 7 heteroatoms. The molecule has 114 valence electrons. The fourth-order valence-corrected chi connectivity index (χ4v) is 5.00. The molecule has 1 aromatic rings. The van der Waals surface area contributed by atoms with Crippen LogP contribution in [0, 0.1) is 12.7 Å². The smallest absolute Gasteiger partial charge is 0.175 e. The zero-order valence-electron chi connectivity index (χ0n) is 11.9. The second-order valence-electron chi connectivity index (χ2n) is 6.00. The zero-order chi connectivity index (χ0) is 15.5. The molecule has 1 atom stereocenters. The summed E-state index contributed by atoms with van der Waals surface area (Å²) in [5, 5.41) is 0. The predicted octanol–water partition coefficient (Wildman–Crippen LogP) is 0.904. The third-order valence-corrected chi connectivity index (χ3v) is 6.85. The molecule has 0 aromatic heterocycles. The van der Waals surface area contributed by atoms with Crippen molar-refractivity contribution < 1.29 is 17.5 Å². The summed E-state index contributed by atoms with van der Waals surface area (Å²) in [6.07, 6.45) is 0. The van der Waals surface area contributed by atoms with E-state index >= 15 is 0 Å². The van der Waals surface area contributed by atoms with E-state index in [1.165, 1.54) is 6.07 Å². The van der Waals surface area contributed by atoms with E-state index in [9.17, 15) is 12.8 Å². The molecule has 1 saturated heterocycles. The maximum Gasteiger partial charge on any atom is 0.175 e. The van der Waals surface area contributed by atoms with Crippen molar-refractivity contribution in [3.05, 3.63) is 35.1 Å². The SMILES string of the molecule is Cc1ccc(F)c([C@]2(C)CS(=O)(=O)C3(COC3)C(N)=N2)c1. The van der Waals surface area contributed by atoms with Gasteiger partial charge >= 0.3 is 0 Å². The van der Waals surface area contributed by atoms with Gasteiger partial charge in [-0.15, -0.1) is 0 Å². The topological polar surface area (TPSA) is 81.8 Å². The number of hydrogen-bond acceptors (Lipinski definition) is 5. The van der Waals surface area contributed by atoms with Crippen molar-refractivity contribution in [2.45, 2.75) is 24.1 Å². The molecule has 1 spiro atoms. The van der Waals surface area contributed by atoms with E-state index in [4.69, 9.17) is 10.5 Å². The van der Waals surface area contributed by atoms with Crippen molar-refractivity contribution in [1.29, 1.82) is 0 Å². The second-order valence-corrected chi connectivity index (χ2v) is 8.30. The molecule has 2 heterocycles. The molecule has 0 unspecified atom stereocenters. The Morgan fingerprint density at radius 3 is 2.57 bits per heavy atom. The lowest BCUT2D eigenvalue weighted by Crippen LogP contribution is -2.68. The summed E-state index contributed by atoms with van der Waals surface area (Å²) < 4.78 is 43.2. The van der Waals surface area contributed by atoms with Gasteiger partial charge in [-0.1, -0.05) is 17.7 Å². The highest BCUT2D eigenvalue weighted by Crippen LogP contribution is 2.41. The van der Waals surface area contributed by atoms with Crippen LogP contribution >= 0.6 is 0 Å². The lowest BCUT2D eigenvalue weighted by atomic mass is 9.91. The number of amidine groups is 1. The summed E-state index contributed by atoms with van der Waals surface area (Å²) >= 11 is 0. The Balaban J connectivity index is 2.17. The molecule has 0 saturated carbocycles. The molecule has 2 aliphatic rings. The van der Waals surface area contributed by atoms with Crippen LogP contribution in [0.1, 0.15) is 18.1 Å². The highest BCUT2D eigenvalue weighted by molar-refractivity contribution is 7.93. The van der Waals surface area contributed by atoms with Crippen LogP contribution in [0.5, 0.6) is 0 Å². The molecule has 0 bridgehead atoms. The molecule has 1 fully saturated rings. The van der Waals surface area contributed by atoms with Gasteiger partial charge in [0.15, 0.2) is 14.6 Å². The van der Waals surface area contributed by atoms with Gasteiger partial charge in [0.2, 0.25) is 0 Å². The third kappa shape index (κ3) is 1.91. The zero-order valence-corrected chi connectivity index (χ0v) is 12.7. The number of aryl methyl sites for hydroxylation is 1. The average molecular weight is 312 g/mol. The molecular formula is C14H17FN2O3S. The van der Waals surface area contributed by atoms with Crippen molar-refractivity contribution >= 4 is 15.7 Å². The van der Waals surface area contributed by atoms with Crippen molar-refractivity contribution in [2.75, 3.05) is 19.0 Å². The number of nitrogens with two attached hydrogens (primary N) is 1. The first-order valence-electron chi connectivity index (χ1n) is 6.63. The van der Waals surface area contributed by atoms with Crippen molar-refractivity contribution in [3.63, 3.8) is 0 Å². The van der Waals surface area contributed by atoms with Gasteiger partial charge in [0, 0.05) is 5.56 Å². The molecule has 0 amide bonds. The van der Waals surface area contributed by atoms with Crippen LogP contribution in [0.25, 0.3) is 0 Å². The second kappa shape index (κ2) is 4.27. The molecule has 3 rings (SSSR count). The van der Waals surface area contributed by atoms with Crippen molar-refractivity contribution in [1.82, 2.24) is 0 Å². The Bertz CT molecular complexity index is 741. The van der Waals surface area contributed by atoms with Crippen LogP contribution in [0.15, 0.2) is 23.2 Å². The van der Waals surface area contributed by atoms with Gasteiger partial charge in [-0.05, 0) is 19.9 Å². The van der Waals surface area contributed by atoms with E-state index in [0.717, 1.165) is 5.56 Å². The summed E-state index contributed by atoms with van der Waals surface area (Å²) in [6.45, 7) is 3.47. The number of benzene rings is 1. The first-order chi connectivity index (χ1) is 9.70. The Morgan fingerprint density at radius 2 is 2.05 bits per heavy atom. The maximum absolute atomic E-state index is 14.1. The standard InChI is InChI=1S/C14H17FN2O3S/c1-9-3-4-11(15)10(5-9)13(2)8-21(18,19)14(6-20-7-14)12(16)17-13/h3-5H,6-8H2,1-2H3,(H2,16,17)/t13-/m0/s1. The molecule has 21 heavy (non-hydrogen) atoms. The molecule has 2 aliphatic heterocycles. The van der Waals surface area contributed by atoms with E-state index in [2.05, 4.69) is 4.99 Å². The predicted molar refractivity (Wildman–Crippen MR) is 77.4 cm³/mol. The molecule has 0 radical (unpaired) electrons. The number of sulfone groups is 1. The minimum absolute atomic E-state index is 0.0170. The molecular weight excluding hydrogens is 295 g/mol. The van der Waals surface area contributed by atoms with Gasteiger partial charge in [-0.3, -0.25) is 4.99 Å². The first-order valence-corrected chi connectivity index (χ1v) is 8.28. The Labute approximate surface area is 122 Å². The monoisotopic (exact) mass is 312 g/mol.